The molecule has 0 fully saturated rings. The van der Waals surface area contributed by atoms with Gasteiger partial charge in [0.2, 0.25) is 10.0 Å². The van der Waals surface area contributed by atoms with Crippen LogP contribution < -0.4 is 9.46 Å². The molecule has 2 aliphatic rings. The van der Waals surface area contributed by atoms with Gasteiger partial charge in [-0.2, -0.15) is 0 Å². The molecule has 1 atom stereocenters. The fourth-order valence-electron chi connectivity index (χ4n) is 4.70. The summed E-state index contributed by atoms with van der Waals surface area (Å²) >= 11 is 12.1. The van der Waals surface area contributed by atoms with Gasteiger partial charge in [0.15, 0.2) is 17.5 Å². The van der Waals surface area contributed by atoms with E-state index in [2.05, 4.69) is 14.3 Å². The van der Waals surface area contributed by atoms with Crippen molar-refractivity contribution in [2.45, 2.75) is 31.8 Å². The molecule has 1 unspecified atom stereocenters. The van der Waals surface area contributed by atoms with E-state index in [1.165, 1.54) is 18.2 Å². The molecule has 2 aromatic heterocycles. The lowest BCUT2D eigenvalue weighted by Gasteiger charge is -2.36. The Kier molecular flexibility index (Phi) is 6.56. The van der Waals surface area contributed by atoms with Gasteiger partial charge in [-0.15, -0.1) is 0 Å². The summed E-state index contributed by atoms with van der Waals surface area (Å²) in [5.74, 6) is 0.209. The first-order chi connectivity index (χ1) is 17.1. The molecule has 9 nitrogen and oxygen atoms in total. The van der Waals surface area contributed by atoms with Gasteiger partial charge in [0, 0.05) is 36.5 Å². The van der Waals surface area contributed by atoms with Crippen molar-refractivity contribution in [2.24, 2.45) is 0 Å². The zero-order valence-electron chi connectivity index (χ0n) is 19.2. The first kappa shape index (κ1) is 24.8. The molecule has 13 heteroatoms. The molecule has 0 saturated carbocycles. The number of hydrogen-bond acceptors (Lipinski definition) is 6. The number of benzene rings is 1. The van der Waals surface area contributed by atoms with Crippen molar-refractivity contribution in [3.8, 4) is 5.75 Å². The van der Waals surface area contributed by atoms with Gasteiger partial charge in [0.25, 0.3) is 5.91 Å². The van der Waals surface area contributed by atoms with Crippen molar-refractivity contribution >= 4 is 45.0 Å². The van der Waals surface area contributed by atoms with Crippen molar-refractivity contribution in [3.05, 3.63) is 69.1 Å². The van der Waals surface area contributed by atoms with Crippen LogP contribution in [-0.2, 0) is 34.2 Å². The number of fused-ring (bicyclic) bond motifs is 3. The average Bonchev–Trinajstić information content (AvgIpc) is 3.38. The molecule has 3 aromatic rings. The van der Waals surface area contributed by atoms with Crippen molar-refractivity contribution in [1.29, 1.82) is 0 Å². The molecule has 36 heavy (non-hydrogen) atoms. The molecule has 1 aromatic carbocycles. The molecule has 1 N–H and O–H groups in total. The molecule has 0 bridgehead atoms. The zero-order valence-corrected chi connectivity index (χ0v) is 21.5. The van der Waals surface area contributed by atoms with Crippen LogP contribution in [0.3, 0.4) is 0 Å². The molecule has 0 aliphatic carbocycles. The number of aromatic nitrogens is 3. The quantitative estimate of drug-likeness (QED) is 0.467. The Labute approximate surface area is 217 Å². The van der Waals surface area contributed by atoms with Gasteiger partial charge >= 0.3 is 0 Å². The number of carbonyl (C=O) groups excluding carboxylic acids is 1. The van der Waals surface area contributed by atoms with E-state index in [9.17, 15) is 13.2 Å². The fourth-order valence-corrected chi connectivity index (χ4v) is 5.56. The summed E-state index contributed by atoms with van der Waals surface area (Å²) in [7, 11) is -3.53. The third kappa shape index (κ3) is 4.87. The highest BCUT2D eigenvalue weighted by atomic mass is 35.5. The molecule has 1 amide bonds. The Hall–Kier alpha value is -2.89. The smallest absolute Gasteiger partial charge is 0.261 e. The molecular formula is C23H22Cl2FN5O4S. The second kappa shape index (κ2) is 9.53. The van der Waals surface area contributed by atoms with Gasteiger partial charge in [-0.05, 0) is 30.7 Å². The summed E-state index contributed by atoms with van der Waals surface area (Å²) in [6, 6.07) is 6.56. The topological polar surface area (TPSA) is 106 Å². The van der Waals surface area contributed by atoms with E-state index in [0.29, 0.717) is 18.5 Å². The van der Waals surface area contributed by atoms with E-state index in [0.717, 1.165) is 42.9 Å². The van der Waals surface area contributed by atoms with Gasteiger partial charge in [-0.25, -0.2) is 22.8 Å². The normalized spacial score (nSPS) is 17.0. The number of rotatable bonds is 6. The number of halogens is 3. The SMILES string of the molecule is CS(=O)(=O)Nc1ccc(OCC(=O)N2CCc3nc4n(c3C2c2ccc(Cl)cc2F)CCC4)c(Cl)n1. The van der Waals surface area contributed by atoms with E-state index in [1.807, 2.05) is 0 Å². The summed E-state index contributed by atoms with van der Waals surface area (Å²) in [5.41, 5.74) is 2.02. The lowest BCUT2D eigenvalue weighted by Crippen LogP contribution is -2.44. The number of anilines is 1. The van der Waals surface area contributed by atoms with Gasteiger partial charge in [0.05, 0.1) is 17.6 Å². The maximum Gasteiger partial charge on any atom is 0.261 e. The molecule has 4 heterocycles. The Morgan fingerprint density at radius 2 is 2.00 bits per heavy atom. The Morgan fingerprint density at radius 3 is 2.72 bits per heavy atom. The van der Waals surface area contributed by atoms with Crippen molar-refractivity contribution in [3.63, 3.8) is 0 Å². The lowest BCUT2D eigenvalue weighted by atomic mass is 9.94. The van der Waals surface area contributed by atoms with Crippen LogP contribution in [0.15, 0.2) is 30.3 Å². The number of amides is 1. The third-order valence-electron chi connectivity index (χ3n) is 6.14. The van der Waals surface area contributed by atoms with Crippen molar-refractivity contribution in [1.82, 2.24) is 19.4 Å². The lowest BCUT2D eigenvalue weighted by molar-refractivity contribution is -0.135. The van der Waals surface area contributed by atoms with Crippen LogP contribution in [0.2, 0.25) is 10.2 Å². The molecule has 0 radical (unpaired) electrons. The maximum absolute atomic E-state index is 15.1. The van der Waals surface area contributed by atoms with E-state index in [1.54, 1.807) is 17.0 Å². The predicted molar refractivity (Wildman–Crippen MR) is 132 cm³/mol. The largest absolute Gasteiger partial charge is 0.481 e. The van der Waals surface area contributed by atoms with Gasteiger partial charge in [0.1, 0.15) is 23.5 Å². The van der Waals surface area contributed by atoms with E-state index < -0.39 is 21.9 Å². The number of imidazole rings is 1. The summed E-state index contributed by atoms with van der Waals surface area (Å²) in [6.45, 7) is 0.723. The van der Waals surface area contributed by atoms with Crippen LogP contribution in [0.1, 0.15) is 35.2 Å². The average molecular weight is 554 g/mol. The number of pyridine rings is 1. The summed E-state index contributed by atoms with van der Waals surface area (Å²) < 4.78 is 47.9. The highest BCUT2D eigenvalue weighted by Gasteiger charge is 2.39. The molecule has 2 aliphatic heterocycles. The second-order valence-electron chi connectivity index (χ2n) is 8.67. The highest BCUT2D eigenvalue weighted by Crippen LogP contribution is 2.39. The fraction of sp³-hybridized carbons (Fsp3) is 0.348. The number of sulfonamides is 1. The third-order valence-corrected chi connectivity index (χ3v) is 7.22. The summed E-state index contributed by atoms with van der Waals surface area (Å²) in [4.78, 5) is 23.7. The number of nitrogens with one attached hydrogen (secondary N) is 1. The minimum atomic E-state index is -3.53. The van der Waals surface area contributed by atoms with E-state index >= 15 is 4.39 Å². The first-order valence-corrected chi connectivity index (χ1v) is 13.8. The van der Waals surface area contributed by atoms with Gasteiger partial charge in [-0.3, -0.25) is 9.52 Å². The minimum Gasteiger partial charge on any atom is -0.481 e. The van der Waals surface area contributed by atoms with Crippen LogP contribution in [0, 0.1) is 5.82 Å². The zero-order chi connectivity index (χ0) is 25.6. The monoisotopic (exact) mass is 553 g/mol. The first-order valence-electron chi connectivity index (χ1n) is 11.2. The highest BCUT2D eigenvalue weighted by molar-refractivity contribution is 7.92. The number of hydrogen-bond donors (Lipinski definition) is 1. The standard InChI is InChI=1S/C23H22Cl2FN5O4S/c1-36(33,34)29-18-7-6-17(23(25)28-18)35-12-20(32)31-10-8-16-22(30-9-2-3-19(30)27-16)21(31)14-5-4-13(24)11-15(14)26/h4-7,11,21H,2-3,8-10,12H2,1H3,(H,28,29). The molecular weight excluding hydrogens is 532 g/mol. The van der Waals surface area contributed by atoms with Crippen LogP contribution in [0.5, 0.6) is 5.75 Å². The Balaban J connectivity index is 1.42. The second-order valence-corrected chi connectivity index (χ2v) is 11.2. The van der Waals surface area contributed by atoms with Crippen LogP contribution in [0.4, 0.5) is 10.2 Å². The van der Waals surface area contributed by atoms with Crippen LogP contribution in [-0.4, -0.2) is 53.2 Å². The van der Waals surface area contributed by atoms with E-state index in [4.69, 9.17) is 32.9 Å². The van der Waals surface area contributed by atoms with Gasteiger partial charge < -0.3 is 14.2 Å². The van der Waals surface area contributed by atoms with Gasteiger partial charge in [-0.1, -0.05) is 29.3 Å². The Bertz CT molecular complexity index is 1460. The van der Waals surface area contributed by atoms with Crippen LogP contribution in [0.25, 0.3) is 0 Å². The predicted octanol–water partition coefficient (Wildman–Crippen LogP) is 3.59. The summed E-state index contributed by atoms with van der Waals surface area (Å²) in [6.07, 6.45) is 3.32. The minimum absolute atomic E-state index is 0.0256. The number of aryl methyl sites for hydroxylation is 1. The molecule has 5 rings (SSSR count). The number of nitrogens with zero attached hydrogens (tertiary/aromatic N) is 4. The van der Waals surface area contributed by atoms with Crippen molar-refractivity contribution < 1.29 is 22.3 Å². The Morgan fingerprint density at radius 1 is 1.19 bits per heavy atom. The van der Waals surface area contributed by atoms with Crippen LogP contribution >= 0.6 is 23.2 Å². The number of ether oxygens (including phenoxy) is 1. The van der Waals surface area contributed by atoms with E-state index in [-0.39, 0.29) is 34.3 Å². The maximum atomic E-state index is 15.1. The summed E-state index contributed by atoms with van der Waals surface area (Å²) in [5, 5.41) is 0.161. The molecule has 190 valence electrons. The molecule has 0 saturated heterocycles. The molecule has 0 spiro atoms. The number of carbonyl (C=O) groups is 1. The van der Waals surface area contributed by atoms with Crippen molar-refractivity contribution in [2.75, 3.05) is 24.1 Å².